The van der Waals surface area contributed by atoms with E-state index in [0.29, 0.717) is 0 Å². The Balaban J connectivity index is -0.00000204. The van der Waals surface area contributed by atoms with Crippen LogP contribution < -0.4 is 0 Å². The van der Waals surface area contributed by atoms with Gasteiger partial charge < -0.3 is 7.96 Å². The summed E-state index contributed by atoms with van der Waals surface area (Å²) in [6.07, 6.45) is 36.7. The first-order chi connectivity index (χ1) is 17.6. The summed E-state index contributed by atoms with van der Waals surface area (Å²) < 4.78 is 0. The molecular weight excluding hydrogens is 480 g/mol. The quantitative estimate of drug-likeness (QED) is 0.0713. The first kappa shape index (κ1) is 39.9. The fourth-order valence-corrected chi connectivity index (χ4v) is 5.84. The molecule has 0 fully saturated rings. The van der Waals surface area contributed by atoms with Crippen molar-refractivity contribution in [1.82, 2.24) is 0 Å². The average molecular weight is 551 g/mol. The molecule has 2 nitrogen and oxygen atoms in total. The van der Waals surface area contributed by atoms with Gasteiger partial charge in [-0.1, -0.05) is 188 Å². The van der Waals surface area contributed by atoms with Crippen LogP contribution in [0, 0.1) is 5.41 Å². The molecule has 0 bridgehead atoms. The van der Waals surface area contributed by atoms with E-state index in [4.69, 9.17) is 0 Å². The van der Waals surface area contributed by atoms with Crippen molar-refractivity contribution in [2.45, 2.75) is 207 Å². The number of rotatable bonds is 30. The Hall–Kier alpha value is 0.730. The molecule has 0 radical (unpaired) electrons. The number of aliphatic carboxylic acids is 1. The summed E-state index contributed by atoms with van der Waals surface area (Å²) in [7, 11) is 0. The second kappa shape index (κ2) is 31.3. The molecule has 37 heavy (non-hydrogen) atoms. The Morgan fingerprint density at radius 2 is 0.622 bits per heavy atom. The maximum absolute atomic E-state index is 12.5. The van der Waals surface area contributed by atoms with Crippen LogP contribution in [0.2, 0.25) is 0 Å². The normalized spacial score (nSPS) is 11.5. The molecule has 0 unspecified atom stereocenters. The van der Waals surface area contributed by atoms with E-state index in [2.05, 4.69) is 20.8 Å². The molecule has 0 saturated carbocycles. The predicted molar refractivity (Wildman–Crippen MR) is 169 cm³/mol. The minimum Gasteiger partial charge on any atom is -1.00 e. The number of hydrogen-bond acceptors (Lipinski definition) is 1. The second-order valence-electron chi connectivity index (χ2n) is 12.0. The molecule has 1 N–H and O–H groups in total. The first-order valence-corrected chi connectivity index (χ1v) is 16.9. The molecule has 0 spiro atoms. The van der Waals surface area contributed by atoms with Crippen LogP contribution in [0.25, 0.3) is 0 Å². The van der Waals surface area contributed by atoms with E-state index in [1.54, 1.807) is 0 Å². The third-order valence-corrected chi connectivity index (χ3v) is 8.48. The SMILES string of the molecule is CCCCCCCCCCCCCCCCC(CCCCCCCC)(CCCCCCCC)C(=O)O.[Ca+2].[H-].[H-]. The zero-order chi connectivity index (χ0) is 26.6. The van der Waals surface area contributed by atoms with Crippen LogP contribution in [0.4, 0.5) is 0 Å². The summed E-state index contributed by atoms with van der Waals surface area (Å²) in [4.78, 5) is 12.5. The summed E-state index contributed by atoms with van der Waals surface area (Å²) >= 11 is 0. The van der Waals surface area contributed by atoms with Crippen molar-refractivity contribution >= 4 is 43.7 Å². The number of hydrogen-bond donors (Lipinski definition) is 1. The maximum Gasteiger partial charge on any atom is 2.00 e. The summed E-state index contributed by atoms with van der Waals surface area (Å²) in [5.74, 6) is -0.501. The average Bonchev–Trinajstić information content (AvgIpc) is 2.87. The smallest absolute Gasteiger partial charge is 1.00 e. The fraction of sp³-hybridized carbons (Fsp3) is 0.971. The molecule has 0 atom stereocenters. The van der Waals surface area contributed by atoms with Crippen LogP contribution in [0.1, 0.15) is 210 Å². The number of carboxylic acids is 1. The van der Waals surface area contributed by atoms with Crippen LogP contribution in [0.3, 0.4) is 0 Å². The van der Waals surface area contributed by atoms with Crippen LogP contribution in [0.5, 0.6) is 0 Å². The Bertz CT molecular complexity index is 446. The van der Waals surface area contributed by atoms with Gasteiger partial charge in [0.1, 0.15) is 0 Å². The van der Waals surface area contributed by atoms with Crippen molar-refractivity contribution in [3.8, 4) is 0 Å². The van der Waals surface area contributed by atoms with Gasteiger partial charge in [-0.25, -0.2) is 0 Å². The third kappa shape index (κ3) is 25.4. The van der Waals surface area contributed by atoms with Crippen LogP contribution in [-0.2, 0) is 4.79 Å². The maximum atomic E-state index is 12.5. The van der Waals surface area contributed by atoms with E-state index in [-0.39, 0.29) is 40.6 Å². The molecule has 0 aliphatic carbocycles. The molecule has 0 aromatic rings. The molecule has 0 aliphatic rings. The van der Waals surface area contributed by atoms with Gasteiger partial charge in [0.25, 0.3) is 0 Å². The van der Waals surface area contributed by atoms with Gasteiger partial charge in [0.2, 0.25) is 0 Å². The standard InChI is InChI=1S/C34H68O2.Ca.2H/c1-4-7-10-13-16-17-18-19-20-21-22-23-26-29-32-34(33(35)36,30-27-24-14-11-8-5-2)31-28-25-15-12-9-6-3;;;/h4-32H2,1-3H3,(H,35,36);;;/q;+2;2*-1. The molecule has 0 saturated heterocycles. The van der Waals surface area contributed by atoms with Gasteiger partial charge >= 0.3 is 43.7 Å². The summed E-state index contributed by atoms with van der Waals surface area (Å²) in [5.41, 5.74) is -0.452. The van der Waals surface area contributed by atoms with E-state index in [0.717, 1.165) is 38.5 Å². The van der Waals surface area contributed by atoms with E-state index < -0.39 is 11.4 Å². The van der Waals surface area contributed by atoms with Crippen molar-refractivity contribution < 1.29 is 12.8 Å². The van der Waals surface area contributed by atoms with Crippen molar-refractivity contribution in [1.29, 1.82) is 0 Å². The molecule has 0 aliphatic heterocycles. The first-order valence-electron chi connectivity index (χ1n) is 16.9. The van der Waals surface area contributed by atoms with Crippen LogP contribution >= 0.6 is 0 Å². The van der Waals surface area contributed by atoms with E-state index in [9.17, 15) is 9.90 Å². The van der Waals surface area contributed by atoms with Crippen molar-refractivity contribution in [2.75, 3.05) is 0 Å². The summed E-state index contributed by atoms with van der Waals surface area (Å²) in [6.45, 7) is 6.80. The van der Waals surface area contributed by atoms with Gasteiger partial charge in [-0.3, -0.25) is 4.79 Å². The van der Waals surface area contributed by atoms with Crippen LogP contribution in [-0.4, -0.2) is 48.8 Å². The van der Waals surface area contributed by atoms with Gasteiger partial charge in [0.15, 0.2) is 0 Å². The number of carbonyl (C=O) groups is 1. The predicted octanol–water partition coefficient (Wildman–Crippen LogP) is 12.3. The number of carboxylic acid groups (broad SMARTS) is 1. The Labute approximate surface area is 267 Å². The second-order valence-corrected chi connectivity index (χ2v) is 12.0. The van der Waals surface area contributed by atoms with Crippen LogP contribution in [0.15, 0.2) is 0 Å². The minimum atomic E-state index is -0.501. The van der Waals surface area contributed by atoms with Gasteiger partial charge in [0.05, 0.1) is 5.41 Å². The van der Waals surface area contributed by atoms with Crippen molar-refractivity contribution in [3.05, 3.63) is 0 Å². The molecule has 3 heteroatoms. The van der Waals surface area contributed by atoms with Crippen molar-refractivity contribution in [2.24, 2.45) is 5.41 Å². The molecule has 0 rings (SSSR count). The Morgan fingerprint density at radius 1 is 0.432 bits per heavy atom. The molecule has 0 aromatic carbocycles. The largest absolute Gasteiger partial charge is 2.00 e. The monoisotopic (exact) mass is 551 g/mol. The summed E-state index contributed by atoms with van der Waals surface area (Å²) in [5, 5.41) is 10.3. The molecule has 0 aromatic heterocycles. The fourth-order valence-electron chi connectivity index (χ4n) is 5.84. The Morgan fingerprint density at radius 3 is 0.811 bits per heavy atom. The summed E-state index contributed by atoms with van der Waals surface area (Å²) in [6, 6.07) is 0. The zero-order valence-electron chi connectivity index (χ0n) is 28.1. The number of unbranched alkanes of at least 4 members (excludes halogenated alkanes) is 23. The minimum absolute atomic E-state index is 0. The van der Waals surface area contributed by atoms with Gasteiger partial charge in [-0.15, -0.1) is 0 Å². The van der Waals surface area contributed by atoms with E-state index >= 15 is 0 Å². The molecule has 0 amide bonds. The van der Waals surface area contributed by atoms with E-state index in [1.165, 1.54) is 148 Å². The zero-order valence-corrected chi connectivity index (χ0v) is 28.3. The van der Waals surface area contributed by atoms with E-state index in [1.807, 2.05) is 0 Å². The van der Waals surface area contributed by atoms with Gasteiger partial charge in [-0.2, -0.15) is 0 Å². The van der Waals surface area contributed by atoms with Gasteiger partial charge in [0, 0.05) is 0 Å². The molecule has 220 valence electrons. The molecule has 0 heterocycles. The van der Waals surface area contributed by atoms with Crippen molar-refractivity contribution in [3.63, 3.8) is 0 Å². The Kier molecular flexibility index (Phi) is 33.7. The van der Waals surface area contributed by atoms with Gasteiger partial charge in [-0.05, 0) is 19.3 Å². The third-order valence-electron chi connectivity index (χ3n) is 8.48. The topological polar surface area (TPSA) is 37.3 Å². The molecular formula is C34H70CaO2.